The van der Waals surface area contributed by atoms with Crippen molar-refractivity contribution < 1.29 is 14.3 Å². The van der Waals surface area contributed by atoms with Gasteiger partial charge in [-0.1, -0.05) is 6.07 Å². The number of ether oxygens (including phenoxy) is 2. The third kappa shape index (κ3) is 2.71. The molecule has 1 aromatic heterocycles. The zero-order chi connectivity index (χ0) is 13.9. The second-order valence-corrected chi connectivity index (χ2v) is 4.63. The maximum atomic E-state index is 12.0. The largest absolute Gasteiger partial charge is 0.454 e. The Balaban J connectivity index is 1.67. The van der Waals surface area contributed by atoms with Crippen molar-refractivity contribution in [3.05, 3.63) is 47.7 Å². The number of aromatic nitrogens is 1. The Kier molecular flexibility index (Phi) is 3.25. The molecule has 5 heteroatoms. The summed E-state index contributed by atoms with van der Waals surface area (Å²) in [6.45, 7) is 2.19. The Morgan fingerprint density at radius 3 is 2.95 bits per heavy atom. The third-order valence-electron chi connectivity index (χ3n) is 2.98. The van der Waals surface area contributed by atoms with Gasteiger partial charge in [-0.05, 0) is 42.3 Å². The molecule has 0 saturated carbocycles. The van der Waals surface area contributed by atoms with Crippen LogP contribution in [0.5, 0.6) is 11.5 Å². The van der Waals surface area contributed by atoms with Gasteiger partial charge in [0.2, 0.25) is 12.7 Å². The van der Waals surface area contributed by atoms with Crippen molar-refractivity contribution in [2.45, 2.75) is 13.3 Å². The number of anilines is 1. The van der Waals surface area contributed by atoms with Gasteiger partial charge in [0.05, 0.1) is 6.42 Å². The number of fused-ring (bicyclic) bond motifs is 1. The summed E-state index contributed by atoms with van der Waals surface area (Å²) in [6.07, 6.45) is 1.94. The molecule has 2 aromatic rings. The summed E-state index contributed by atoms with van der Waals surface area (Å²) in [5.74, 6) is 1.86. The molecule has 2 heterocycles. The zero-order valence-electron chi connectivity index (χ0n) is 11.1. The number of hydrogen-bond acceptors (Lipinski definition) is 4. The molecule has 1 aliphatic heterocycles. The van der Waals surface area contributed by atoms with Gasteiger partial charge in [-0.2, -0.15) is 0 Å². The van der Waals surface area contributed by atoms with Gasteiger partial charge in [-0.15, -0.1) is 0 Å². The minimum Gasteiger partial charge on any atom is -0.454 e. The lowest BCUT2D eigenvalue weighted by Crippen LogP contribution is -2.15. The second-order valence-electron chi connectivity index (χ2n) is 4.63. The molecule has 0 aliphatic carbocycles. The lowest BCUT2D eigenvalue weighted by molar-refractivity contribution is -0.115. The Morgan fingerprint density at radius 2 is 2.10 bits per heavy atom. The third-order valence-corrected chi connectivity index (χ3v) is 2.98. The number of nitrogens with one attached hydrogen (secondary N) is 1. The number of carbonyl (C=O) groups excluding carboxylic acids is 1. The smallest absolute Gasteiger partial charge is 0.231 e. The standard InChI is InChI=1S/C15H14N2O3/c1-10-4-5-16-14(6-10)17-15(18)8-11-2-3-12-13(7-11)20-9-19-12/h2-7H,8-9H2,1H3,(H,16,17,18). The van der Waals surface area contributed by atoms with Crippen LogP contribution in [0, 0.1) is 6.92 Å². The average Bonchev–Trinajstić information content (AvgIpc) is 2.86. The predicted molar refractivity (Wildman–Crippen MR) is 73.9 cm³/mol. The lowest BCUT2D eigenvalue weighted by atomic mass is 10.1. The number of nitrogens with zero attached hydrogens (tertiary/aromatic N) is 1. The van der Waals surface area contributed by atoms with E-state index in [9.17, 15) is 4.79 Å². The van der Waals surface area contributed by atoms with Crippen LogP contribution in [0.15, 0.2) is 36.5 Å². The van der Waals surface area contributed by atoms with Crippen LogP contribution in [-0.4, -0.2) is 17.7 Å². The molecule has 0 bridgehead atoms. The summed E-state index contributed by atoms with van der Waals surface area (Å²) in [4.78, 5) is 16.1. The Hall–Kier alpha value is -2.56. The summed E-state index contributed by atoms with van der Waals surface area (Å²) in [7, 11) is 0. The van der Waals surface area contributed by atoms with Crippen molar-refractivity contribution >= 4 is 11.7 Å². The highest BCUT2D eigenvalue weighted by Gasteiger charge is 2.14. The molecule has 0 atom stereocenters. The first-order valence-electron chi connectivity index (χ1n) is 6.32. The van der Waals surface area contributed by atoms with Crippen LogP contribution in [0.3, 0.4) is 0 Å². The van der Waals surface area contributed by atoms with Crippen LogP contribution < -0.4 is 14.8 Å². The topological polar surface area (TPSA) is 60.5 Å². The maximum Gasteiger partial charge on any atom is 0.231 e. The van der Waals surface area contributed by atoms with Crippen molar-refractivity contribution in [3.8, 4) is 11.5 Å². The van der Waals surface area contributed by atoms with Crippen LogP contribution in [-0.2, 0) is 11.2 Å². The predicted octanol–water partition coefficient (Wildman–Crippen LogP) is 2.30. The Morgan fingerprint density at radius 1 is 1.25 bits per heavy atom. The molecule has 0 fully saturated rings. The molecule has 3 rings (SSSR count). The molecule has 102 valence electrons. The number of aryl methyl sites for hydroxylation is 1. The van der Waals surface area contributed by atoms with E-state index in [-0.39, 0.29) is 19.1 Å². The van der Waals surface area contributed by atoms with E-state index in [4.69, 9.17) is 9.47 Å². The molecular formula is C15H14N2O3. The van der Waals surface area contributed by atoms with Gasteiger partial charge in [-0.25, -0.2) is 4.98 Å². The van der Waals surface area contributed by atoms with Gasteiger partial charge in [0.15, 0.2) is 11.5 Å². The fourth-order valence-corrected chi connectivity index (χ4v) is 2.03. The van der Waals surface area contributed by atoms with Crippen molar-refractivity contribution in [2.75, 3.05) is 12.1 Å². The normalized spacial score (nSPS) is 12.2. The van der Waals surface area contributed by atoms with Crippen molar-refractivity contribution in [1.82, 2.24) is 4.98 Å². The van der Waals surface area contributed by atoms with E-state index >= 15 is 0 Å². The fourth-order valence-electron chi connectivity index (χ4n) is 2.03. The summed E-state index contributed by atoms with van der Waals surface area (Å²) in [6, 6.07) is 9.21. The van der Waals surface area contributed by atoms with Crippen molar-refractivity contribution in [3.63, 3.8) is 0 Å². The molecule has 0 saturated heterocycles. The number of benzene rings is 1. The van der Waals surface area contributed by atoms with Gasteiger partial charge in [0.1, 0.15) is 5.82 Å². The quantitative estimate of drug-likeness (QED) is 0.929. The van der Waals surface area contributed by atoms with Crippen molar-refractivity contribution in [1.29, 1.82) is 0 Å². The number of amides is 1. The molecular weight excluding hydrogens is 256 g/mol. The number of pyridine rings is 1. The maximum absolute atomic E-state index is 12.0. The number of hydrogen-bond donors (Lipinski definition) is 1. The second kappa shape index (κ2) is 5.21. The first-order chi connectivity index (χ1) is 9.70. The van der Waals surface area contributed by atoms with E-state index in [1.807, 2.05) is 37.3 Å². The highest BCUT2D eigenvalue weighted by molar-refractivity contribution is 5.91. The molecule has 0 spiro atoms. The van der Waals surface area contributed by atoms with Gasteiger partial charge >= 0.3 is 0 Å². The van der Waals surface area contributed by atoms with E-state index in [0.717, 1.165) is 16.9 Å². The SMILES string of the molecule is Cc1ccnc(NC(=O)Cc2ccc3c(c2)OCO3)c1. The fraction of sp³-hybridized carbons (Fsp3) is 0.200. The number of rotatable bonds is 3. The molecule has 1 aromatic carbocycles. The number of carbonyl (C=O) groups is 1. The summed E-state index contributed by atoms with van der Waals surface area (Å²) >= 11 is 0. The molecule has 1 amide bonds. The molecule has 20 heavy (non-hydrogen) atoms. The molecule has 0 radical (unpaired) electrons. The average molecular weight is 270 g/mol. The summed E-state index contributed by atoms with van der Waals surface area (Å²) in [5, 5.41) is 2.78. The molecule has 5 nitrogen and oxygen atoms in total. The zero-order valence-corrected chi connectivity index (χ0v) is 11.1. The monoisotopic (exact) mass is 270 g/mol. The van der Waals surface area contributed by atoms with E-state index in [0.29, 0.717) is 11.6 Å². The van der Waals surface area contributed by atoms with E-state index in [1.165, 1.54) is 0 Å². The summed E-state index contributed by atoms with van der Waals surface area (Å²) < 4.78 is 10.5. The van der Waals surface area contributed by atoms with Crippen LogP contribution >= 0.6 is 0 Å². The first-order valence-corrected chi connectivity index (χ1v) is 6.32. The van der Waals surface area contributed by atoms with Crippen LogP contribution in [0.2, 0.25) is 0 Å². The Bertz CT molecular complexity index is 655. The van der Waals surface area contributed by atoms with Gasteiger partial charge in [-0.3, -0.25) is 4.79 Å². The highest BCUT2D eigenvalue weighted by atomic mass is 16.7. The van der Waals surface area contributed by atoms with Crippen LogP contribution in [0.1, 0.15) is 11.1 Å². The van der Waals surface area contributed by atoms with E-state index < -0.39 is 0 Å². The van der Waals surface area contributed by atoms with Gasteiger partial charge in [0.25, 0.3) is 0 Å². The van der Waals surface area contributed by atoms with E-state index in [1.54, 1.807) is 6.20 Å². The molecule has 0 unspecified atom stereocenters. The van der Waals surface area contributed by atoms with Crippen LogP contribution in [0.25, 0.3) is 0 Å². The molecule has 1 aliphatic rings. The highest BCUT2D eigenvalue weighted by Crippen LogP contribution is 2.32. The van der Waals surface area contributed by atoms with E-state index in [2.05, 4.69) is 10.3 Å². The Labute approximate surface area is 116 Å². The van der Waals surface area contributed by atoms with Gasteiger partial charge < -0.3 is 14.8 Å². The molecule has 1 N–H and O–H groups in total. The minimum absolute atomic E-state index is 0.109. The minimum atomic E-state index is -0.109. The van der Waals surface area contributed by atoms with Crippen molar-refractivity contribution in [2.24, 2.45) is 0 Å². The summed E-state index contributed by atoms with van der Waals surface area (Å²) in [5.41, 5.74) is 1.93. The lowest BCUT2D eigenvalue weighted by Gasteiger charge is -2.06. The first kappa shape index (κ1) is 12.5. The van der Waals surface area contributed by atoms with Crippen LogP contribution in [0.4, 0.5) is 5.82 Å². The van der Waals surface area contributed by atoms with Gasteiger partial charge in [0, 0.05) is 6.20 Å².